The summed E-state index contributed by atoms with van der Waals surface area (Å²) in [4.78, 5) is 0. The van der Waals surface area contributed by atoms with Crippen LogP contribution in [-0.4, -0.2) is 11.7 Å². The highest BCUT2D eigenvalue weighted by Gasteiger charge is 2.07. The van der Waals surface area contributed by atoms with E-state index in [2.05, 4.69) is 19.9 Å². The quantitative estimate of drug-likeness (QED) is 0.867. The number of rotatable bonds is 5. The number of hydrogen-bond donors (Lipinski definition) is 1. The Morgan fingerprint density at radius 1 is 1.17 bits per heavy atom. The number of fused-ring (bicyclic) bond motifs is 1. The largest absolute Gasteiger partial charge is 0.493 e. The van der Waals surface area contributed by atoms with Gasteiger partial charge in [0.05, 0.1) is 13.2 Å². The summed E-state index contributed by atoms with van der Waals surface area (Å²) < 4.78 is 5.83. The van der Waals surface area contributed by atoms with Crippen LogP contribution in [0.1, 0.15) is 25.8 Å². The normalized spacial score (nSPS) is 12.6. The molecule has 0 aliphatic carbocycles. The van der Waals surface area contributed by atoms with Crippen molar-refractivity contribution in [3.05, 3.63) is 42.0 Å². The average Bonchev–Trinajstić information content (AvgIpc) is 2.43. The first kappa shape index (κ1) is 12.9. The van der Waals surface area contributed by atoms with Crippen molar-refractivity contribution >= 4 is 10.8 Å². The zero-order valence-corrected chi connectivity index (χ0v) is 11.0. The molecule has 2 aromatic rings. The van der Waals surface area contributed by atoms with Crippen molar-refractivity contribution in [1.29, 1.82) is 0 Å². The molecule has 2 nitrogen and oxygen atoms in total. The van der Waals surface area contributed by atoms with E-state index in [-0.39, 0.29) is 6.61 Å². The van der Waals surface area contributed by atoms with Gasteiger partial charge in [0.2, 0.25) is 0 Å². The molecule has 96 valence electrons. The van der Waals surface area contributed by atoms with E-state index in [1.807, 2.05) is 30.3 Å². The van der Waals surface area contributed by atoms with Crippen LogP contribution >= 0.6 is 0 Å². The van der Waals surface area contributed by atoms with E-state index < -0.39 is 0 Å². The van der Waals surface area contributed by atoms with E-state index in [9.17, 15) is 5.11 Å². The zero-order valence-electron chi connectivity index (χ0n) is 11.0. The Morgan fingerprint density at radius 3 is 2.44 bits per heavy atom. The van der Waals surface area contributed by atoms with Crippen LogP contribution in [-0.2, 0) is 6.61 Å². The Balaban J connectivity index is 2.30. The Morgan fingerprint density at radius 2 is 1.83 bits per heavy atom. The van der Waals surface area contributed by atoms with Crippen molar-refractivity contribution in [2.45, 2.75) is 26.9 Å². The molecule has 2 aromatic carbocycles. The van der Waals surface area contributed by atoms with Gasteiger partial charge in [-0.3, -0.25) is 0 Å². The van der Waals surface area contributed by atoms with Crippen LogP contribution in [0.4, 0.5) is 0 Å². The van der Waals surface area contributed by atoms with E-state index in [0.717, 1.165) is 28.5 Å². The first-order valence-corrected chi connectivity index (χ1v) is 6.50. The van der Waals surface area contributed by atoms with E-state index in [0.29, 0.717) is 12.5 Å². The minimum Gasteiger partial charge on any atom is -0.493 e. The third kappa shape index (κ3) is 2.82. The lowest BCUT2D eigenvalue weighted by Crippen LogP contribution is -2.08. The number of aliphatic hydroxyl groups excluding tert-OH is 1. The SMILES string of the molecule is CC[C@H](C)COc1cc2ccccc2cc1CO. The van der Waals surface area contributed by atoms with E-state index in [1.165, 1.54) is 0 Å². The van der Waals surface area contributed by atoms with Crippen molar-refractivity contribution in [3.63, 3.8) is 0 Å². The number of benzene rings is 2. The molecule has 0 aliphatic heterocycles. The van der Waals surface area contributed by atoms with Crippen LogP contribution in [0, 0.1) is 5.92 Å². The molecule has 0 aromatic heterocycles. The molecule has 1 N–H and O–H groups in total. The first-order chi connectivity index (χ1) is 8.74. The predicted octanol–water partition coefficient (Wildman–Crippen LogP) is 3.76. The maximum absolute atomic E-state index is 9.42. The van der Waals surface area contributed by atoms with Gasteiger partial charge in [0.25, 0.3) is 0 Å². The van der Waals surface area contributed by atoms with Gasteiger partial charge >= 0.3 is 0 Å². The highest BCUT2D eigenvalue weighted by Crippen LogP contribution is 2.26. The van der Waals surface area contributed by atoms with Crippen LogP contribution in [0.3, 0.4) is 0 Å². The number of aliphatic hydroxyl groups is 1. The van der Waals surface area contributed by atoms with Gasteiger partial charge in [-0.1, -0.05) is 44.5 Å². The van der Waals surface area contributed by atoms with Gasteiger partial charge in [-0.2, -0.15) is 0 Å². The Labute approximate surface area is 108 Å². The molecule has 0 saturated carbocycles. The van der Waals surface area contributed by atoms with Crippen LogP contribution in [0.25, 0.3) is 10.8 Å². The van der Waals surface area contributed by atoms with Crippen molar-refractivity contribution < 1.29 is 9.84 Å². The molecule has 0 bridgehead atoms. The van der Waals surface area contributed by atoms with Crippen molar-refractivity contribution in [2.75, 3.05) is 6.61 Å². The summed E-state index contributed by atoms with van der Waals surface area (Å²) >= 11 is 0. The van der Waals surface area contributed by atoms with Gasteiger partial charge in [0.1, 0.15) is 5.75 Å². The third-order valence-corrected chi connectivity index (χ3v) is 3.32. The summed E-state index contributed by atoms with van der Waals surface area (Å²) in [5.74, 6) is 1.33. The zero-order chi connectivity index (χ0) is 13.0. The molecule has 0 fully saturated rings. The molecule has 0 unspecified atom stereocenters. The molecule has 0 radical (unpaired) electrons. The van der Waals surface area contributed by atoms with Gasteiger partial charge in [-0.15, -0.1) is 0 Å². The standard InChI is InChI=1S/C16H20O2/c1-3-12(2)11-18-16-9-14-7-5-4-6-13(14)8-15(16)10-17/h4-9,12,17H,3,10-11H2,1-2H3/t12-/m0/s1. The monoisotopic (exact) mass is 244 g/mol. The van der Waals surface area contributed by atoms with E-state index >= 15 is 0 Å². The lowest BCUT2D eigenvalue weighted by Gasteiger charge is -2.14. The molecular formula is C16H20O2. The second kappa shape index (κ2) is 5.87. The number of ether oxygens (including phenoxy) is 1. The van der Waals surface area contributed by atoms with Gasteiger partial charge in [-0.25, -0.2) is 0 Å². The molecule has 0 heterocycles. The highest BCUT2D eigenvalue weighted by molar-refractivity contribution is 5.84. The smallest absolute Gasteiger partial charge is 0.125 e. The Bertz CT molecular complexity index is 519. The van der Waals surface area contributed by atoms with Crippen LogP contribution < -0.4 is 4.74 Å². The van der Waals surface area contributed by atoms with Crippen LogP contribution in [0.2, 0.25) is 0 Å². The fraction of sp³-hybridized carbons (Fsp3) is 0.375. The summed E-state index contributed by atoms with van der Waals surface area (Å²) in [6.45, 7) is 5.03. The maximum atomic E-state index is 9.42. The number of hydrogen-bond acceptors (Lipinski definition) is 2. The molecule has 0 aliphatic rings. The topological polar surface area (TPSA) is 29.5 Å². The van der Waals surface area contributed by atoms with Crippen molar-refractivity contribution in [3.8, 4) is 5.75 Å². The van der Waals surface area contributed by atoms with Crippen molar-refractivity contribution in [2.24, 2.45) is 5.92 Å². The van der Waals surface area contributed by atoms with Crippen LogP contribution in [0.15, 0.2) is 36.4 Å². The summed E-state index contributed by atoms with van der Waals surface area (Å²) in [6.07, 6.45) is 1.10. The molecule has 2 heteroatoms. The first-order valence-electron chi connectivity index (χ1n) is 6.50. The minimum atomic E-state index is 0.0146. The van der Waals surface area contributed by atoms with Gasteiger partial charge in [-0.05, 0) is 28.8 Å². The Kier molecular flexibility index (Phi) is 4.21. The lowest BCUT2D eigenvalue weighted by atomic mass is 10.1. The fourth-order valence-electron chi connectivity index (χ4n) is 1.87. The fourth-order valence-corrected chi connectivity index (χ4v) is 1.87. The van der Waals surface area contributed by atoms with E-state index in [4.69, 9.17) is 4.74 Å². The highest BCUT2D eigenvalue weighted by atomic mass is 16.5. The average molecular weight is 244 g/mol. The molecular weight excluding hydrogens is 224 g/mol. The molecule has 2 rings (SSSR count). The van der Waals surface area contributed by atoms with Gasteiger partial charge in [0.15, 0.2) is 0 Å². The second-order valence-electron chi connectivity index (χ2n) is 4.79. The van der Waals surface area contributed by atoms with Crippen LogP contribution in [0.5, 0.6) is 5.75 Å². The Hall–Kier alpha value is -1.54. The van der Waals surface area contributed by atoms with Gasteiger partial charge < -0.3 is 9.84 Å². The minimum absolute atomic E-state index is 0.0146. The molecule has 0 saturated heterocycles. The van der Waals surface area contributed by atoms with E-state index in [1.54, 1.807) is 0 Å². The third-order valence-electron chi connectivity index (χ3n) is 3.32. The molecule has 0 spiro atoms. The molecule has 18 heavy (non-hydrogen) atoms. The molecule has 0 amide bonds. The summed E-state index contributed by atoms with van der Waals surface area (Å²) in [7, 11) is 0. The summed E-state index contributed by atoms with van der Waals surface area (Å²) in [5, 5.41) is 11.7. The summed E-state index contributed by atoms with van der Waals surface area (Å²) in [6, 6.07) is 12.1. The maximum Gasteiger partial charge on any atom is 0.125 e. The van der Waals surface area contributed by atoms with Crippen molar-refractivity contribution in [1.82, 2.24) is 0 Å². The predicted molar refractivity (Wildman–Crippen MR) is 74.8 cm³/mol. The lowest BCUT2D eigenvalue weighted by molar-refractivity contribution is 0.238. The van der Waals surface area contributed by atoms with Gasteiger partial charge in [0, 0.05) is 5.56 Å². The molecule has 1 atom stereocenters. The summed E-state index contributed by atoms with van der Waals surface area (Å²) in [5.41, 5.74) is 0.858. The second-order valence-corrected chi connectivity index (χ2v) is 4.79.